The molecule has 0 atom stereocenters. The average molecular weight is 458 g/mol. The summed E-state index contributed by atoms with van der Waals surface area (Å²) in [4.78, 5) is 18.3. The summed E-state index contributed by atoms with van der Waals surface area (Å²) in [6.07, 6.45) is -2.90. The van der Waals surface area contributed by atoms with E-state index in [1.807, 2.05) is 0 Å². The van der Waals surface area contributed by atoms with Crippen LogP contribution in [0.1, 0.15) is 5.56 Å². The summed E-state index contributed by atoms with van der Waals surface area (Å²) in [7, 11) is 5.01. The van der Waals surface area contributed by atoms with Gasteiger partial charge in [0.05, 0.1) is 5.56 Å². The van der Waals surface area contributed by atoms with E-state index in [-0.39, 0.29) is 5.69 Å². The van der Waals surface area contributed by atoms with Crippen LogP contribution in [0.4, 0.5) is 40.8 Å². The van der Waals surface area contributed by atoms with Crippen molar-refractivity contribution in [1.29, 1.82) is 0 Å². The van der Waals surface area contributed by atoms with Gasteiger partial charge in [-0.15, -0.1) is 0 Å². The van der Waals surface area contributed by atoms with Gasteiger partial charge in [-0.2, -0.15) is 18.3 Å². The molecule has 0 aliphatic heterocycles. The number of aromatic nitrogens is 4. The van der Waals surface area contributed by atoms with Gasteiger partial charge in [-0.25, -0.2) is 9.78 Å². The van der Waals surface area contributed by atoms with E-state index in [9.17, 15) is 18.0 Å². The molecule has 4 rings (SSSR count). The number of hydrogen-bond acceptors (Lipinski definition) is 5. The van der Waals surface area contributed by atoms with Crippen LogP contribution in [-0.4, -0.2) is 46.9 Å². The number of imidazole rings is 1. The maximum atomic E-state index is 13.2. The van der Waals surface area contributed by atoms with Gasteiger partial charge in [0.2, 0.25) is 0 Å². The minimum absolute atomic E-state index is 0.0299. The predicted octanol–water partition coefficient (Wildman–Crippen LogP) is 4.52. The van der Waals surface area contributed by atoms with E-state index in [1.165, 1.54) is 11.0 Å². The molecule has 12 heteroatoms. The van der Waals surface area contributed by atoms with E-state index in [2.05, 4.69) is 31.1 Å². The number of carbonyl (C=O) groups excluding carboxylic acids is 1. The molecule has 0 unspecified atom stereocenters. The third kappa shape index (κ3) is 4.54. The van der Waals surface area contributed by atoms with Crippen LogP contribution >= 0.6 is 0 Å². The van der Waals surface area contributed by atoms with Crippen molar-refractivity contribution in [2.24, 2.45) is 0 Å². The second kappa shape index (κ2) is 8.37. The van der Waals surface area contributed by atoms with Gasteiger partial charge >= 0.3 is 12.2 Å². The van der Waals surface area contributed by atoms with Crippen molar-refractivity contribution in [1.82, 2.24) is 19.7 Å². The molecule has 0 saturated carbocycles. The number of hydrogen-bond donors (Lipinski definition) is 4. The maximum absolute atomic E-state index is 13.2. The molecule has 4 aromatic rings. The Morgan fingerprint density at radius 1 is 1.06 bits per heavy atom. The van der Waals surface area contributed by atoms with Gasteiger partial charge in [-0.3, -0.25) is 9.67 Å². The zero-order valence-corrected chi connectivity index (χ0v) is 17.9. The van der Waals surface area contributed by atoms with Crippen LogP contribution in [-0.2, 0) is 6.18 Å². The highest BCUT2D eigenvalue weighted by Gasteiger charge is 2.31. The first-order valence-electron chi connectivity index (χ1n) is 9.83. The molecular formula is C21H21F3N8O. The highest BCUT2D eigenvalue weighted by molar-refractivity contribution is 6.00. The normalized spacial score (nSPS) is 11.5. The second-order valence-electron chi connectivity index (χ2n) is 7.42. The second-order valence-corrected chi connectivity index (χ2v) is 7.42. The fraction of sp³-hybridized carbons (Fsp3) is 0.190. The monoisotopic (exact) mass is 458 g/mol. The lowest BCUT2D eigenvalue weighted by Crippen LogP contribution is -2.20. The molecule has 0 fully saturated rings. The Bertz CT molecular complexity index is 1290. The van der Waals surface area contributed by atoms with Crippen molar-refractivity contribution in [3.63, 3.8) is 0 Å². The molecule has 2 aromatic heterocycles. The summed E-state index contributed by atoms with van der Waals surface area (Å²) >= 11 is 0. The maximum Gasteiger partial charge on any atom is 0.416 e. The quantitative estimate of drug-likeness (QED) is 0.352. The number of fused-ring (bicyclic) bond motifs is 1. The zero-order chi connectivity index (χ0) is 23.8. The van der Waals surface area contributed by atoms with E-state index >= 15 is 0 Å². The number of nitrogens with zero attached hydrogens (tertiary/aromatic N) is 4. The molecule has 0 saturated heterocycles. The van der Waals surface area contributed by atoms with Crippen molar-refractivity contribution >= 4 is 40.1 Å². The molecule has 0 radical (unpaired) electrons. The van der Waals surface area contributed by atoms with Crippen LogP contribution in [0, 0.1) is 0 Å². The van der Waals surface area contributed by atoms with Crippen molar-refractivity contribution in [2.45, 2.75) is 6.18 Å². The van der Waals surface area contributed by atoms with Crippen LogP contribution < -0.4 is 20.9 Å². The fourth-order valence-electron chi connectivity index (χ4n) is 3.25. The predicted molar refractivity (Wildman–Crippen MR) is 121 cm³/mol. The molecule has 2 aromatic carbocycles. The Morgan fingerprint density at radius 2 is 1.76 bits per heavy atom. The van der Waals surface area contributed by atoms with E-state index in [0.717, 1.165) is 17.8 Å². The van der Waals surface area contributed by atoms with Gasteiger partial charge in [-0.05, 0) is 42.5 Å². The lowest BCUT2D eigenvalue weighted by atomic mass is 10.1. The van der Waals surface area contributed by atoms with Crippen LogP contribution in [0.2, 0.25) is 0 Å². The molecule has 33 heavy (non-hydrogen) atoms. The number of rotatable bonds is 5. The van der Waals surface area contributed by atoms with E-state index < -0.39 is 17.8 Å². The Kier molecular flexibility index (Phi) is 5.58. The molecule has 0 bridgehead atoms. The molecule has 0 spiro atoms. The number of halogens is 3. The van der Waals surface area contributed by atoms with Crippen LogP contribution in [0.25, 0.3) is 16.9 Å². The van der Waals surface area contributed by atoms with Crippen molar-refractivity contribution < 1.29 is 18.0 Å². The fourth-order valence-corrected chi connectivity index (χ4v) is 3.25. The van der Waals surface area contributed by atoms with Crippen molar-refractivity contribution in [3.8, 4) is 5.69 Å². The third-order valence-electron chi connectivity index (χ3n) is 4.93. The highest BCUT2D eigenvalue weighted by Crippen LogP contribution is 2.34. The molecule has 0 aliphatic carbocycles. The number of aromatic amines is 1. The van der Waals surface area contributed by atoms with Crippen molar-refractivity contribution in [2.75, 3.05) is 42.0 Å². The van der Waals surface area contributed by atoms with E-state index in [0.29, 0.717) is 28.4 Å². The molecule has 2 heterocycles. The minimum Gasteiger partial charge on any atom is -0.378 e. The minimum atomic E-state index is -4.53. The number of amides is 2. The van der Waals surface area contributed by atoms with E-state index in [1.54, 1.807) is 56.3 Å². The molecule has 172 valence electrons. The number of urea groups is 1. The number of alkyl halides is 3. The number of anilines is 4. The van der Waals surface area contributed by atoms with Gasteiger partial charge in [0.15, 0.2) is 11.2 Å². The summed E-state index contributed by atoms with van der Waals surface area (Å²) in [5, 5.41) is 15.1. The first kappa shape index (κ1) is 22.0. The SMILES string of the molecule is CNc1[nH]nc2c1ncn2-c1ccc(NC(=O)Nc2cc(N(C)C)cc(C(F)(F)F)c2)cc1. The topological polar surface area (TPSA) is 103 Å². The summed E-state index contributed by atoms with van der Waals surface area (Å²) in [5.74, 6) is 0.700. The number of carbonyl (C=O) groups is 1. The first-order chi connectivity index (χ1) is 15.7. The summed E-state index contributed by atoms with van der Waals surface area (Å²) in [6.45, 7) is 0. The lowest BCUT2D eigenvalue weighted by Gasteiger charge is -2.18. The zero-order valence-electron chi connectivity index (χ0n) is 17.9. The summed E-state index contributed by atoms with van der Waals surface area (Å²) in [5.41, 5.74) is 2.06. The smallest absolute Gasteiger partial charge is 0.378 e. The third-order valence-corrected chi connectivity index (χ3v) is 4.93. The Hall–Kier alpha value is -4.22. The van der Waals surface area contributed by atoms with Gasteiger partial charge in [0.1, 0.15) is 12.1 Å². The number of nitrogens with one attached hydrogen (secondary N) is 4. The van der Waals surface area contributed by atoms with Gasteiger partial charge in [-0.1, -0.05) is 0 Å². The molecule has 4 N–H and O–H groups in total. The van der Waals surface area contributed by atoms with Crippen LogP contribution in [0.3, 0.4) is 0 Å². The first-order valence-corrected chi connectivity index (χ1v) is 9.83. The molecule has 9 nitrogen and oxygen atoms in total. The highest BCUT2D eigenvalue weighted by atomic mass is 19.4. The molecule has 0 aliphatic rings. The van der Waals surface area contributed by atoms with E-state index in [4.69, 9.17) is 0 Å². The lowest BCUT2D eigenvalue weighted by molar-refractivity contribution is -0.137. The average Bonchev–Trinajstić information content (AvgIpc) is 3.35. The molecular weight excluding hydrogens is 437 g/mol. The van der Waals surface area contributed by atoms with Gasteiger partial charge < -0.3 is 20.9 Å². The summed E-state index contributed by atoms with van der Waals surface area (Å²) < 4.78 is 41.4. The van der Waals surface area contributed by atoms with Crippen LogP contribution in [0.15, 0.2) is 48.8 Å². The number of benzene rings is 2. The van der Waals surface area contributed by atoms with Crippen LogP contribution in [0.5, 0.6) is 0 Å². The summed E-state index contributed by atoms with van der Waals surface area (Å²) in [6, 6.07) is 9.58. The Balaban J connectivity index is 1.49. The molecule has 2 amide bonds. The Labute approximate surface area is 186 Å². The van der Waals surface area contributed by atoms with Gasteiger partial charge in [0, 0.05) is 43.9 Å². The Morgan fingerprint density at radius 3 is 2.39 bits per heavy atom. The largest absolute Gasteiger partial charge is 0.416 e. The van der Waals surface area contributed by atoms with Crippen molar-refractivity contribution in [3.05, 3.63) is 54.4 Å². The van der Waals surface area contributed by atoms with Gasteiger partial charge in [0.25, 0.3) is 0 Å². The number of H-pyrrole nitrogens is 1. The standard InChI is InChI=1S/C21H21F3N8O/c1-25-18-17-19(30-29-18)32(11-26-17)15-6-4-13(5-7-15)27-20(33)28-14-8-12(21(22,23)24)9-16(10-14)31(2)3/h4-11H,1-3H3,(H2,25,29,30)(H2,27,28,33).